The van der Waals surface area contributed by atoms with E-state index in [1.54, 1.807) is 0 Å². The van der Waals surface area contributed by atoms with Gasteiger partial charge in [0, 0.05) is 22.4 Å². The summed E-state index contributed by atoms with van der Waals surface area (Å²) in [4.78, 5) is 11.1. The summed E-state index contributed by atoms with van der Waals surface area (Å²) < 4.78 is 5.62. The number of amides is 1. The number of hydrogen-bond acceptors (Lipinski definition) is 3. The molecule has 0 aliphatic rings. The Morgan fingerprint density at radius 1 is 1.15 bits per heavy atom. The Hall–Kier alpha value is -2.01. The first-order chi connectivity index (χ1) is 9.67. The molecule has 104 valence electrons. The van der Waals surface area contributed by atoms with Crippen LogP contribution in [-0.4, -0.2) is 13.2 Å². The number of nitrogens with one attached hydrogen (secondary N) is 2. The number of methoxy groups -OCH3 is 1. The van der Waals surface area contributed by atoms with Crippen LogP contribution in [0.5, 0.6) is 0 Å². The van der Waals surface area contributed by atoms with E-state index in [1.165, 1.54) is 12.7 Å². The number of anilines is 2. The van der Waals surface area contributed by atoms with E-state index in [9.17, 15) is 4.79 Å². The first kappa shape index (κ1) is 14.4. The second-order valence-electron chi connectivity index (χ2n) is 4.18. The molecule has 0 bridgehead atoms. The molecule has 0 saturated heterocycles. The summed E-state index contributed by atoms with van der Waals surface area (Å²) in [5.41, 5.74) is 2.80. The molecule has 0 aliphatic carbocycles. The maximum Gasteiger partial charge on any atom is 0.411 e. The molecule has 2 aromatic carbocycles. The SMILES string of the molecule is COC(=O)Nc1cccc(NCc2ccc(Br)cc2)c1. The third kappa shape index (κ3) is 4.28. The Labute approximate surface area is 126 Å². The topological polar surface area (TPSA) is 50.4 Å². The van der Waals surface area contributed by atoms with E-state index in [-0.39, 0.29) is 0 Å². The van der Waals surface area contributed by atoms with Crippen LogP contribution in [-0.2, 0) is 11.3 Å². The molecule has 0 aromatic heterocycles. The molecule has 2 aromatic rings. The van der Waals surface area contributed by atoms with Gasteiger partial charge in [0.05, 0.1) is 7.11 Å². The van der Waals surface area contributed by atoms with Gasteiger partial charge in [0.1, 0.15) is 0 Å². The van der Waals surface area contributed by atoms with Gasteiger partial charge in [0.15, 0.2) is 0 Å². The highest BCUT2D eigenvalue weighted by Crippen LogP contribution is 2.17. The summed E-state index contributed by atoms with van der Waals surface area (Å²) in [5, 5.41) is 5.93. The Morgan fingerprint density at radius 3 is 2.55 bits per heavy atom. The third-order valence-electron chi connectivity index (χ3n) is 2.70. The predicted molar refractivity (Wildman–Crippen MR) is 83.9 cm³/mol. The average molecular weight is 335 g/mol. The molecule has 0 fully saturated rings. The van der Waals surface area contributed by atoms with Crippen LogP contribution in [0.15, 0.2) is 53.0 Å². The van der Waals surface area contributed by atoms with Crippen LogP contribution < -0.4 is 10.6 Å². The van der Waals surface area contributed by atoms with Crippen molar-refractivity contribution in [3.63, 3.8) is 0 Å². The normalized spacial score (nSPS) is 9.90. The molecule has 2 rings (SSSR count). The van der Waals surface area contributed by atoms with Gasteiger partial charge in [-0.1, -0.05) is 34.1 Å². The van der Waals surface area contributed by atoms with Gasteiger partial charge in [-0.15, -0.1) is 0 Å². The molecule has 5 heteroatoms. The van der Waals surface area contributed by atoms with Crippen LogP contribution in [0.4, 0.5) is 16.2 Å². The zero-order valence-electron chi connectivity index (χ0n) is 11.0. The summed E-state index contributed by atoms with van der Waals surface area (Å²) >= 11 is 3.41. The van der Waals surface area contributed by atoms with Crippen molar-refractivity contribution in [2.24, 2.45) is 0 Å². The Morgan fingerprint density at radius 2 is 1.85 bits per heavy atom. The molecule has 0 unspecified atom stereocenters. The van der Waals surface area contributed by atoms with Crippen molar-refractivity contribution in [3.05, 3.63) is 58.6 Å². The van der Waals surface area contributed by atoms with E-state index < -0.39 is 6.09 Å². The summed E-state index contributed by atoms with van der Waals surface area (Å²) in [6.07, 6.45) is -0.477. The van der Waals surface area contributed by atoms with E-state index in [4.69, 9.17) is 0 Å². The molecule has 1 amide bonds. The molecule has 0 saturated carbocycles. The molecular formula is C15H15BrN2O2. The largest absolute Gasteiger partial charge is 0.453 e. The molecular weight excluding hydrogens is 320 g/mol. The Balaban J connectivity index is 1.97. The zero-order chi connectivity index (χ0) is 14.4. The van der Waals surface area contributed by atoms with Gasteiger partial charge in [-0.05, 0) is 35.9 Å². The van der Waals surface area contributed by atoms with Gasteiger partial charge < -0.3 is 10.1 Å². The quantitative estimate of drug-likeness (QED) is 0.879. The fraction of sp³-hybridized carbons (Fsp3) is 0.133. The summed E-state index contributed by atoms with van der Waals surface area (Å²) in [5.74, 6) is 0. The minimum atomic E-state index is -0.477. The molecule has 0 spiro atoms. The molecule has 0 heterocycles. The van der Waals surface area contributed by atoms with Crippen molar-refractivity contribution < 1.29 is 9.53 Å². The van der Waals surface area contributed by atoms with Crippen molar-refractivity contribution in [1.29, 1.82) is 0 Å². The second-order valence-corrected chi connectivity index (χ2v) is 5.09. The van der Waals surface area contributed by atoms with Crippen molar-refractivity contribution in [3.8, 4) is 0 Å². The van der Waals surface area contributed by atoms with Crippen LogP contribution in [0, 0.1) is 0 Å². The molecule has 0 atom stereocenters. The minimum absolute atomic E-state index is 0.477. The van der Waals surface area contributed by atoms with E-state index in [2.05, 4.69) is 31.3 Å². The molecule has 4 nitrogen and oxygen atoms in total. The number of carbonyl (C=O) groups is 1. The highest BCUT2D eigenvalue weighted by Gasteiger charge is 2.01. The van der Waals surface area contributed by atoms with Crippen LogP contribution in [0.3, 0.4) is 0 Å². The second kappa shape index (κ2) is 6.96. The van der Waals surface area contributed by atoms with Crippen molar-refractivity contribution in [2.45, 2.75) is 6.54 Å². The minimum Gasteiger partial charge on any atom is -0.453 e. The summed E-state index contributed by atoms with van der Waals surface area (Å²) in [7, 11) is 1.34. The van der Waals surface area contributed by atoms with E-state index in [1.807, 2.05) is 48.5 Å². The summed E-state index contributed by atoms with van der Waals surface area (Å²) in [6.45, 7) is 0.717. The van der Waals surface area contributed by atoms with Gasteiger partial charge >= 0.3 is 6.09 Å². The van der Waals surface area contributed by atoms with Gasteiger partial charge in [0.2, 0.25) is 0 Å². The first-order valence-electron chi connectivity index (χ1n) is 6.11. The van der Waals surface area contributed by atoms with Crippen molar-refractivity contribution >= 4 is 33.4 Å². The van der Waals surface area contributed by atoms with Gasteiger partial charge in [-0.3, -0.25) is 5.32 Å². The lowest BCUT2D eigenvalue weighted by molar-refractivity contribution is 0.187. The number of rotatable bonds is 4. The monoisotopic (exact) mass is 334 g/mol. The third-order valence-corrected chi connectivity index (χ3v) is 3.23. The van der Waals surface area contributed by atoms with Gasteiger partial charge in [-0.2, -0.15) is 0 Å². The van der Waals surface area contributed by atoms with Gasteiger partial charge in [0.25, 0.3) is 0 Å². The number of hydrogen-bond donors (Lipinski definition) is 2. The fourth-order valence-electron chi connectivity index (χ4n) is 1.68. The molecule has 20 heavy (non-hydrogen) atoms. The lowest BCUT2D eigenvalue weighted by Gasteiger charge is -2.09. The molecule has 0 aliphatic heterocycles. The van der Waals surface area contributed by atoms with E-state index in [0.717, 1.165) is 16.7 Å². The maximum absolute atomic E-state index is 11.1. The average Bonchev–Trinajstić information content (AvgIpc) is 2.47. The molecule has 0 radical (unpaired) electrons. The lowest BCUT2D eigenvalue weighted by Crippen LogP contribution is -2.11. The standard InChI is InChI=1S/C15H15BrN2O2/c1-20-15(19)18-14-4-2-3-13(9-14)17-10-11-5-7-12(16)8-6-11/h2-9,17H,10H2,1H3,(H,18,19). The number of ether oxygens (including phenoxy) is 1. The van der Waals surface area contributed by atoms with Gasteiger partial charge in [-0.25, -0.2) is 4.79 Å². The Bertz CT molecular complexity index is 585. The highest BCUT2D eigenvalue weighted by molar-refractivity contribution is 9.10. The lowest BCUT2D eigenvalue weighted by atomic mass is 10.2. The van der Waals surface area contributed by atoms with Crippen LogP contribution in [0.25, 0.3) is 0 Å². The highest BCUT2D eigenvalue weighted by atomic mass is 79.9. The van der Waals surface area contributed by atoms with Crippen LogP contribution in [0.1, 0.15) is 5.56 Å². The smallest absolute Gasteiger partial charge is 0.411 e. The van der Waals surface area contributed by atoms with E-state index >= 15 is 0 Å². The number of benzene rings is 2. The summed E-state index contributed by atoms with van der Waals surface area (Å²) in [6, 6.07) is 15.6. The first-order valence-corrected chi connectivity index (χ1v) is 6.90. The van der Waals surface area contributed by atoms with Crippen LogP contribution in [0.2, 0.25) is 0 Å². The molecule has 2 N–H and O–H groups in total. The Kier molecular flexibility index (Phi) is 5.01. The van der Waals surface area contributed by atoms with Crippen LogP contribution >= 0.6 is 15.9 Å². The van der Waals surface area contributed by atoms with Crippen molar-refractivity contribution in [2.75, 3.05) is 17.7 Å². The van der Waals surface area contributed by atoms with E-state index in [0.29, 0.717) is 5.69 Å². The zero-order valence-corrected chi connectivity index (χ0v) is 12.6. The van der Waals surface area contributed by atoms with Crippen molar-refractivity contribution in [1.82, 2.24) is 0 Å². The fourth-order valence-corrected chi connectivity index (χ4v) is 1.95. The number of halogens is 1. The number of carbonyl (C=O) groups excluding carboxylic acids is 1. The predicted octanol–water partition coefficient (Wildman–Crippen LogP) is 4.24. The maximum atomic E-state index is 11.1.